The molecule has 2 rings (SSSR count). The first-order valence-corrected chi connectivity index (χ1v) is 6.89. The van der Waals surface area contributed by atoms with Crippen molar-refractivity contribution in [2.24, 2.45) is 5.92 Å². The van der Waals surface area contributed by atoms with Gasteiger partial charge in [0.1, 0.15) is 5.75 Å². The standard InChI is InChI=1S/C14H22BNO3/c1-3-16(9-11-4-5-11)10-12-6-7-14(19-2)13(8-12)15(17)18/h6-8,11,17-18H,3-5,9-10H2,1-2H3. The van der Waals surface area contributed by atoms with Crippen LogP contribution in [-0.4, -0.2) is 42.3 Å². The van der Waals surface area contributed by atoms with E-state index in [0.717, 1.165) is 31.1 Å². The summed E-state index contributed by atoms with van der Waals surface area (Å²) in [5, 5.41) is 18.7. The minimum Gasteiger partial charge on any atom is -0.497 e. The first kappa shape index (κ1) is 14.4. The fourth-order valence-corrected chi connectivity index (χ4v) is 2.31. The first-order valence-electron chi connectivity index (χ1n) is 6.89. The summed E-state index contributed by atoms with van der Waals surface area (Å²) in [6.07, 6.45) is 2.69. The lowest BCUT2D eigenvalue weighted by atomic mass is 9.78. The van der Waals surface area contributed by atoms with Gasteiger partial charge in [-0.05, 0) is 36.9 Å². The summed E-state index contributed by atoms with van der Waals surface area (Å²) in [5.41, 5.74) is 1.52. The summed E-state index contributed by atoms with van der Waals surface area (Å²) in [6.45, 7) is 5.16. The summed E-state index contributed by atoms with van der Waals surface area (Å²) in [5.74, 6) is 1.38. The van der Waals surface area contributed by atoms with Crippen LogP contribution in [0.3, 0.4) is 0 Å². The molecule has 0 spiro atoms. The van der Waals surface area contributed by atoms with Crippen LogP contribution in [0.5, 0.6) is 5.75 Å². The maximum atomic E-state index is 9.37. The van der Waals surface area contributed by atoms with Gasteiger partial charge in [0, 0.05) is 18.6 Å². The lowest BCUT2D eigenvalue weighted by Crippen LogP contribution is -2.32. The van der Waals surface area contributed by atoms with Crippen molar-refractivity contribution in [3.63, 3.8) is 0 Å². The molecule has 2 N–H and O–H groups in total. The van der Waals surface area contributed by atoms with Gasteiger partial charge in [-0.2, -0.15) is 0 Å². The Morgan fingerprint density at radius 2 is 2.11 bits per heavy atom. The van der Waals surface area contributed by atoms with Crippen molar-refractivity contribution in [3.05, 3.63) is 23.8 Å². The summed E-state index contributed by atoms with van der Waals surface area (Å²) in [6, 6.07) is 5.61. The second kappa shape index (κ2) is 6.41. The van der Waals surface area contributed by atoms with Crippen molar-refractivity contribution in [2.45, 2.75) is 26.3 Å². The van der Waals surface area contributed by atoms with E-state index in [2.05, 4.69) is 11.8 Å². The van der Waals surface area contributed by atoms with E-state index < -0.39 is 7.12 Å². The summed E-state index contributed by atoms with van der Waals surface area (Å²) < 4.78 is 5.13. The summed E-state index contributed by atoms with van der Waals surface area (Å²) in [4.78, 5) is 2.40. The number of hydrogen-bond acceptors (Lipinski definition) is 4. The van der Waals surface area contributed by atoms with Gasteiger partial charge in [0.15, 0.2) is 0 Å². The molecule has 5 heteroatoms. The van der Waals surface area contributed by atoms with E-state index in [1.807, 2.05) is 12.1 Å². The zero-order valence-electron chi connectivity index (χ0n) is 11.7. The van der Waals surface area contributed by atoms with Crippen LogP contribution in [0, 0.1) is 5.92 Å². The Balaban J connectivity index is 2.08. The highest BCUT2D eigenvalue weighted by Gasteiger charge is 2.24. The number of nitrogens with zero attached hydrogens (tertiary/aromatic N) is 1. The Bertz CT molecular complexity index is 421. The Labute approximate surface area is 115 Å². The molecule has 0 atom stereocenters. The second-order valence-electron chi connectivity index (χ2n) is 5.22. The normalized spacial score (nSPS) is 14.8. The molecule has 4 nitrogen and oxygen atoms in total. The van der Waals surface area contributed by atoms with Crippen LogP contribution in [0.2, 0.25) is 0 Å². The Morgan fingerprint density at radius 1 is 1.37 bits per heavy atom. The van der Waals surface area contributed by atoms with Gasteiger partial charge in [0.2, 0.25) is 0 Å². The van der Waals surface area contributed by atoms with Gasteiger partial charge >= 0.3 is 7.12 Å². The SMILES string of the molecule is CCN(Cc1ccc(OC)c(B(O)O)c1)CC1CC1. The Hall–Kier alpha value is -1.04. The molecular weight excluding hydrogens is 241 g/mol. The van der Waals surface area contributed by atoms with Crippen molar-refractivity contribution >= 4 is 12.6 Å². The molecule has 0 bridgehead atoms. The number of benzene rings is 1. The minimum atomic E-state index is -1.49. The number of rotatable bonds is 7. The van der Waals surface area contributed by atoms with Gasteiger partial charge in [-0.3, -0.25) is 4.90 Å². The fourth-order valence-electron chi connectivity index (χ4n) is 2.31. The van der Waals surface area contributed by atoms with Crippen molar-refractivity contribution in [3.8, 4) is 5.75 Å². The topological polar surface area (TPSA) is 52.9 Å². The minimum absolute atomic E-state index is 0.433. The van der Waals surface area contributed by atoms with Gasteiger partial charge in [-0.1, -0.05) is 19.1 Å². The molecule has 1 aliphatic carbocycles. The quantitative estimate of drug-likeness (QED) is 0.708. The van der Waals surface area contributed by atoms with Crippen molar-refractivity contribution < 1.29 is 14.8 Å². The van der Waals surface area contributed by atoms with Crippen LogP contribution in [0.25, 0.3) is 0 Å². The van der Waals surface area contributed by atoms with Gasteiger partial charge in [-0.15, -0.1) is 0 Å². The molecule has 1 aliphatic rings. The molecule has 0 unspecified atom stereocenters. The van der Waals surface area contributed by atoms with E-state index in [-0.39, 0.29) is 0 Å². The lowest BCUT2D eigenvalue weighted by molar-refractivity contribution is 0.268. The van der Waals surface area contributed by atoms with Gasteiger partial charge < -0.3 is 14.8 Å². The molecular formula is C14H22BNO3. The zero-order chi connectivity index (χ0) is 13.8. The third kappa shape index (κ3) is 3.96. The molecule has 1 aromatic rings. The summed E-state index contributed by atoms with van der Waals surface area (Å²) >= 11 is 0. The predicted octanol–water partition coefficient (Wildman–Crippen LogP) is 0.607. The monoisotopic (exact) mass is 263 g/mol. The van der Waals surface area contributed by atoms with E-state index in [1.165, 1.54) is 20.0 Å². The molecule has 19 heavy (non-hydrogen) atoms. The molecule has 0 aromatic heterocycles. The maximum Gasteiger partial charge on any atom is 0.492 e. The molecule has 0 saturated heterocycles. The third-order valence-corrected chi connectivity index (χ3v) is 3.64. The highest BCUT2D eigenvalue weighted by molar-refractivity contribution is 6.59. The van der Waals surface area contributed by atoms with Crippen molar-refractivity contribution in [1.82, 2.24) is 4.90 Å². The average molecular weight is 263 g/mol. The second-order valence-corrected chi connectivity index (χ2v) is 5.22. The fraction of sp³-hybridized carbons (Fsp3) is 0.571. The van der Waals surface area contributed by atoms with Crippen LogP contribution >= 0.6 is 0 Å². The largest absolute Gasteiger partial charge is 0.497 e. The number of methoxy groups -OCH3 is 1. The molecule has 1 aromatic carbocycles. The predicted molar refractivity (Wildman–Crippen MR) is 76.5 cm³/mol. The summed E-state index contributed by atoms with van der Waals surface area (Å²) in [7, 11) is 0.0418. The van der Waals surface area contributed by atoms with Gasteiger partial charge in [0.25, 0.3) is 0 Å². The molecule has 0 radical (unpaired) electrons. The van der Waals surface area contributed by atoms with Crippen molar-refractivity contribution in [2.75, 3.05) is 20.2 Å². The number of ether oxygens (including phenoxy) is 1. The average Bonchev–Trinajstić information content (AvgIpc) is 3.21. The van der Waals surface area contributed by atoms with E-state index in [4.69, 9.17) is 4.74 Å². The Morgan fingerprint density at radius 3 is 2.63 bits per heavy atom. The van der Waals surface area contributed by atoms with Crippen LogP contribution in [-0.2, 0) is 6.54 Å². The molecule has 1 saturated carbocycles. The van der Waals surface area contributed by atoms with Gasteiger partial charge in [-0.25, -0.2) is 0 Å². The van der Waals surface area contributed by atoms with E-state index in [9.17, 15) is 10.0 Å². The molecule has 0 aliphatic heterocycles. The van der Waals surface area contributed by atoms with Crippen molar-refractivity contribution in [1.29, 1.82) is 0 Å². The van der Waals surface area contributed by atoms with Crippen LogP contribution < -0.4 is 10.2 Å². The zero-order valence-corrected chi connectivity index (χ0v) is 11.7. The molecule has 0 amide bonds. The van der Waals surface area contributed by atoms with E-state index in [1.54, 1.807) is 6.07 Å². The Kier molecular flexibility index (Phi) is 4.85. The third-order valence-electron chi connectivity index (χ3n) is 3.64. The number of hydrogen-bond donors (Lipinski definition) is 2. The first-order chi connectivity index (χ1) is 9.13. The smallest absolute Gasteiger partial charge is 0.492 e. The van der Waals surface area contributed by atoms with Gasteiger partial charge in [0.05, 0.1) is 7.11 Å². The highest BCUT2D eigenvalue weighted by atomic mass is 16.5. The van der Waals surface area contributed by atoms with Crippen LogP contribution in [0.15, 0.2) is 18.2 Å². The highest BCUT2D eigenvalue weighted by Crippen LogP contribution is 2.30. The molecule has 0 heterocycles. The molecule has 1 fully saturated rings. The lowest BCUT2D eigenvalue weighted by Gasteiger charge is -2.21. The molecule has 104 valence electrons. The van der Waals surface area contributed by atoms with E-state index >= 15 is 0 Å². The van der Waals surface area contributed by atoms with E-state index in [0.29, 0.717) is 11.2 Å². The van der Waals surface area contributed by atoms with Crippen LogP contribution in [0.4, 0.5) is 0 Å². The van der Waals surface area contributed by atoms with Crippen LogP contribution in [0.1, 0.15) is 25.3 Å². The maximum absolute atomic E-state index is 9.37.